The maximum absolute atomic E-state index is 14.0. The standard InChI is InChI=1S/C24H27N5O4S2/c1-13-7-8-16(14(2)11-13)29(24(32)21-18(25)19(22(26)30)28-35-21)20(17-6-4-10-34-17)23(31)27-12-15-5-3-9-33-15/h4,6-8,10-11,15,20H,3,5,9,12,25H2,1-2H3,(H2,26,30)(H,27,31)/t15-,20+/m0/s1. The first-order valence-corrected chi connectivity index (χ1v) is 12.8. The van der Waals surface area contributed by atoms with E-state index in [2.05, 4.69) is 9.69 Å². The van der Waals surface area contributed by atoms with Gasteiger partial charge in [-0.1, -0.05) is 23.8 Å². The second-order valence-corrected chi connectivity index (χ2v) is 10.2. The molecule has 0 spiro atoms. The van der Waals surface area contributed by atoms with Crippen LogP contribution in [0, 0.1) is 13.8 Å². The number of nitrogens with zero attached hydrogens (tertiary/aromatic N) is 2. The Morgan fingerprint density at radius 1 is 1.29 bits per heavy atom. The summed E-state index contributed by atoms with van der Waals surface area (Å²) in [5, 5.41) is 4.82. The quantitative estimate of drug-likeness (QED) is 0.422. The highest BCUT2D eigenvalue weighted by atomic mass is 32.1. The molecule has 1 aliphatic heterocycles. The van der Waals surface area contributed by atoms with Crippen LogP contribution in [-0.2, 0) is 9.53 Å². The molecular formula is C24H27N5O4S2. The summed E-state index contributed by atoms with van der Waals surface area (Å²) in [5.74, 6) is -1.69. The van der Waals surface area contributed by atoms with Crippen LogP contribution in [0.4, 0.5) is 11.4 Å². The Morgan fingerprint density at radius 2 is 2.09 bits per heavy atom. The normalized spacial score (nSPS) is 16.1. The first kappa shape index (κ1) is 24.8. The van der Waals surface area contributed by atoms with E-state index in [1.165, 1.54) is 16.2 Å². The van der Waals surface area contributed by atoms with Crippen LogP contribution in [0.5, 0.6) is 0 Å². The summed E-state index contributed by atoms with van der Waals surface area (Å²) in [6.07, 6.45) is 1.77. The van der Waals surface area contributed by atoms with Gasteiger partial charge >= 0.3 is 0 Å². The molecule has 5 N–H and O–H groups in total. The number of aryl methyl sites for hydroxylation is 2. The van der Waals surface area contributed by atoms with Crippen LogP contribution < -0.4 is 21.7 Å². The van der Waals surface area contributed by atoms with E-state index in [1.54, 1.807) is 0 Å². The maximum Gasteiger partial charge on any atom is 0.273 e. The van der Waals surface area contributed by atoms with Crippen LogP contribution in [-0.4, -0.2) is 41.4 Å². The van der Waals surface area contributed by atoms with Gasteiger partial charge in [0.2, 0.25) is 5.91 Å². The third kappa shape index (κ3) is 5.21. The minimum absolute atomic E-state index is 0.0484. The summed E-state index contributed by atoms with van der Waals surface area (Å²) in [6.45, 7) is 4.86. The second-order valence-electron chi connectivity index (χ2n) is 8.40. The minimum Gasteiger partial charge on any atom is -0.395 e. The summed E-state index contributed by atoms with van der Waals surface area (Å²) in [4.78, 5) is 41.5. The lowest BCUT2D eigenvalue weighted by Gasteiger charge is -2.32. The molecular weight excluding hydrogens is 486 g/mol. The largest absolute Gasteiger partial charge is 0.395 e. The zero-order chi connectivity index (χ0) is 25.1. The number of aromatic nitrogens is 1. The van der Waals surface area contributed by atoms with Crippen molar-refractivity contribution in [1.82, 2.24) is 9.69 Å². The molecule has 1 aliphatic rings. The smallest absolute Gasteiger partial charge is 0.273 e. The highest BCUT2D eigenvalue weighted by Crippen LogP contribution is 2.36. The van der Waals surface area contributed by atoms with Crippen LogP contribution in [0.25, 0.3) is 0 Å². The Hall–Kier alpha value is -3.28. The topological polar surface area (TPSA) is 141 Å². The molecule has 3 heterocycles. The van der Waals surface area contributed by atoms with Gasteiger partial charge in [-0.05, 0) is 61.3 Å². The lowest BCUT2D eigenvalue weighted by Crippen LogP contribution is -2.45. The number of nitrogens with two attached hydrogens (primary N) is 2. The van der Waals surface area contributed by atoms with Crippen LogP contribution in [0.3, 0.4) is 0 Å². The van der Waals surface area contributed by atoms with E-state index >= 15 is 0 Å². The molecule has 35 heavy (non-hydrogen) atoms. The summed E-state index contributed by atoms with van der Waals surface area (Å²) >= 11 is 2.16. The molecule has 0 unspecified atom stereocenters. The number of thiophene rings is 1. The van der Waals surface area contributed by atoms with E-state index in [-0.39, 0.29) is 28.3 Å². The third-order valence-electron chi connectivity index (χ3n) is 5.83. The van der Waals surface area contributed by atoms with Crippen molar-refractivity contribution < 1.29 is 19.1 Å². The van der Waals surface area contributed by atoms with Gasteiger partial charge in [0.25, 0.3) is 11.8 Å². The van der Waals surface area contributed by atoms with Crippen molar-refractivity contribution >= 4 is 52.0 Å². The Labute approximate surface area is 211 Å². The molecule has 1 fully saturated rings. The fourth-order valence-corrected chi connectivity index (χ4v) is 5.67. The number of ether oxygens (including phenoxy) is 1. The van der Waals surface area contributed by atoms with E-state index in [9.17, 15) is 14.4 Å². The lowest BCUT2D eigenvalue weighted by molar-refractivity contribution is -0.122. The number of nitrogen functional groups attached to an aromatic ring is 1. The average Bonchev–Trinajstić information content (AvgIpc) is 3.58. The number of primary amides is 1. The lowest BCUT2D eigenvalue weighted by atomic mass is 10.1. The molecule has 11 heteroatoms. The molecule has 2 aromatic heterocycles. The molecule has 0 saturated carbocycles. The molecule has 0 aliphatic carbocycles. The van der Waals surface area contributed by atoms with Gasteiger partial charge in [0, 0.05) is 23.7 Å². The number of benzene rings is 1. The van der Waals surface area contributed by atoms with Crippen molar-refractivity contribution in [2.75, 3.05) is 23.8 Å². The van der Waals surface area contributed by atoms with Crippen LogP contribution in [0.2, 0.25) is 0 Å². The minimum atomic E-state index is -0.969. The van der Waals surface area contributed by atoms with Crippen LogP contribution >= 0.6 is 22.9 Å². The average molecular weight is 514 g/mol. The Kier molecular flexibility index (Phi) is 7.48. The van der Waals surface area contributed by atoms with Crippen LogP contribution in [0.15, 0.2) is 35.7 Å². The van der Waals surface area contributed by atoms with Gasteiger partial charge in [-0.25, -0.2) is 0 Å². The molecule has 3 aromatic rings. The van der Waals surface area contributed by atoms with E-state index in [0.29, 0.717) is 23.7 Å². The molecule has 2 atom stereocenters. The highest BCUT2D eigenvalue weighted by Gasteiger charge is 2.37. The summed E-state index contributed by atoms with van der Waals surface area (Å²) in [5.41, 5.74) is 13.6. The highest BCUT2D eigenvalue weighted by molar-refractivity contribution is 7.10. The molecule has 4 rings (SSSR count). The van der Waals surface area contributed by atoms with Gasteiger partial charge in [-0.2, -0.15) is 4.37 Å². The first-order valence-electron chi connectivity index (χ1n) is 11.2. The Balaban J connectivity index is 1.79. The zero-order valence-corrected chi connectivity index (χ0v) is 21.1. The number of amides is 3. The SMILES string of the molecule is Cc1ccc(N(C(=O)c2snc(C(N)=O)c2N)[C@@H](C(=O)NC[C@@H]2CCCO2)c2cccs2)c(C)c1. The molecule has 9 nitrogen and oxygen atoms in total. The summed E-state index contributed by atoms with van der Waals surface area (Å²) in [7, 11) is 0. The molecule has 0 bridgehead atoms. The van der Waals surface area contributed by atoms with E-state index in [4.69, 9.17) is 16.2 Å². The molecule has 3 amide bonds. The second kappa shape index (κ2) is 10.5. The van der Waals surface area contributed by atoms with Gasteiger partial charge in [0.15, 0.2) is 11.7 Å². The van der Waals surface area contributed by atoms with Crippen molar-refractivity contribution in [3.63, 3.8) is 0 Å². The van der Waals surface area contributed by atoms with Gasteiger partial charge < -0.3 is 21.5 Å². The maximum atomic E-state index is 14.0. The number of hydrogen-bond donors (Lipinski definition) is 3. The molecule has 1 aromatic carbocycles. The van der Waals surface area contributed by atoms with Crippen molar-refractivity contribution in [3.05, 3.63) is 62.3 Å². The van der Waals surface area contributed by atoms with Gasteiger partial charge in [-0.15, -0.1) is 11.3 Å². The summed E-state index contributed by atoms with van der Waals surface area (Å²) < 4.78 is 9.63. The van der Waals surface area contributed by atoms with Crippen molar-refractivity contribution in [3.8, 4) is 0 Å². The Morgan fingerprint density at radius 3 is 2.69 bits per heavy atom. The van der Waals surface area contributed by atoms with Gasteiger partial charge in [0.05, 0.1) is 11.8 Å². The molecule has 184 valence electrons. The first-order chi connectivity index (χ1) is 16.8. The predicted molar refractivity (Wildman–Crippen MR) is 137 cm³/mol. The van der Waals surface area contributed by atoms with Crippen LogP contribution in [0.1, 0.15) is 55.0 Å². The zero-order valence-electron chi connectivity index (χ0n) is 19.4. The van der Waals surface area contributed by atoms with E-state index in [1.807, 2.05) is 49.6 Å². The third-order valence-corrected chi connectivity index (χ3v) is 7.61. The monoisotopic (exact) mass is 513 g/mol. The van der Waals surface area contributed by atoms with Crippen molar-refractivity contribution in [1.29, 1.82) is 0 Å². The number of anilines is 2. The number of nitrogens with one attached hydrogen (secondary N) is 1. The number of hydrogen-bond acceptors (Lipinski definition) is 8. The molecule has 1 saturated heterocycles. The number of carbonyl (C=O) groups is 3. The molecule has 0 radical (unpaired) electrons. The summed E-state index contributed by atoms with van der Waals surface area (Å²) in [6, 6.07) is 8.30. The van der Waals surface area contributed by atoms with Gasteiger partial charge in [-0.3, -0.25) is 19.3 Å². The Bertz CT molecular complexity index is 1230. The fourth-order valence-electron chi connectivity index (χ4n) is 4.12. The predicted octanol–water partition coefficient (Wildman–Crippen LogP) is 3.19. The van der Waals surface area contributed by atoms with Crippen molar-refractivity contribution in [2.45, 2.75) is 38.8 Å². The van der Waals surface area contributed by atoms with E-state index in [0.717, 1.165) is 35.5 Å². The number of rotatable bonds is 8. The van der Waals surface area contributed by atoms with Crippen molar-refractivity contribution in [2.24, 2.45) is 5.73 Å². The van der Waals surface area contributed by atoms with E-state index < -0.39 is 17.9 Å². The fraction of sp³-hybridized carbons (Fsp3) is 0.333. The van der Waals surface area contributed by atoms with Gasteiger partial charge in [0.1, 0.15) is 4.88 Å². The number of carbonyl (C=O) groups excluding carboxylic acids is 3.